The highest BCUT2D eigenvalue weighted by Gasteiger charge is 2.11. The molecule has 0 N–H and O–H groups in total. The van der Waals surface area contributed by atoms with Gasteiger partial charge in [-0.05, 0) is 85.3 Å². The van der Waals surface area contributed by atoms with E-state index in [4.69, 9.17) is 13.9 Å². The lowest BCUT2D eigenvalue weighted by Gasteiger charge is -2.08. The molecule has 0 radical (unpaired) electrons. The van der Waals surface area contributed by atoms with E-state index in [1.54, 1.807) is 0 Å². The summed E-state index contributed by atoms with van der Waals surface area (Å²) in [4.78, 5) is 0.562. The van der Waals surface area contributed by atoms with Crippen LogP contribution >= 0.6 is 15.9 Å². The molecule has 1 aromatic heterocycles. The lowest BCUT2D eigenvalue weighted by molar-refractivity contribution is 0.304. The summed E-state index contributed by atoms with van der Waals surface area (Å²) in [5.41, 5.74) is 4.03. The van der Waals surface area contributed by atoms with Gasteiger partial charge in [-0.15, -0.1) is 10.2 Å². The quantitative estimate of drug-likeness (QED) is 0.0760. The van der Waals surface area contributed by atoms with Crippen LogP contribution in [0.3, 0.4) is 0 Å². The van der Waals surface area contributed by atoms with Gasteiger partial charge in [-0.2, -0.15) is 0 Å². The summed E-state index contributed by atoms with van der Waals surface area (Å²) in [6.07, 6.45) is 13.7. The average molecular weight is 634 g/mol. The molecule has 1 unspecified atom stereocenters. The maximum Gasteiger partial charge on any atom is 0.248 e. The summed E-state index contributed by atoms with van der Waals surface area (Å²) >= 11 is 3.67. The number of nitrogens with zero attached hydrogens (tertiary/aromatic N) is 2. The highest BCUT2D eigenvalue weighted by Crippen LogP contribution is 2.28. The van der Waals surface area contributed by atoms with Gasteiger partial charge in [-0.3, -0.25) is 0 Å². The summed E-state index contributed by atoms with van der Waals surface area (Å²) in [6, 6.07) is 24.4. The van der Waals surface area contributed by atoms with E-state index in [0.717, 1.165) is 66.0 Å². The van der Waals surface area contributed by atoms with E-state index in [0.29, 0.717) is 23.2 Å². The molecule has 42 heavy (non-hydrogen) atoms. The molecule has 4 rings (SSSR count). The van der Waals surface area contributed by atoms with Crippen LogP contribution in [-0.4, -0.2) is 28.2 Å². The number of hydrogen-bond acceptors (Lipinski definition) is 5. The van der Waals surface area contributed by atoms with Crippen LogP contribution in [0.2, 0.25) is 0 Å². The molecule has 0 spiro atoms. The van der Waals surface area contributed by atoms with Crippen molar-refractivity contribution in [2.24, 2.45) is 0 Å². The van der Waals surface area contributed by atoms with Crippen LogP contribution in [0.1, 0.15) is 84.5 Å². The molecule has 3 aromatic carbocycles. The van der Waals surface area contributed by atoms with Gasteiger partial charge in [0.2, 0.25) is 11.8 Å². The van der Waals surface area contributed by atoms with E-state index < -0.39 is 0 Å². The van der Waals surface area contributed by atoms with Crippen LogP contribution in [0, 0.1) is 0 Å². The molecule has 4 aromatic rings. The van der Waals surface area contributed by atoms with Gasteiger partial charge in [0.25, 0.3) is 0 Å². The van der Waals surface area contributed by atoms with Crippen molar-refractivity contribution in [3.8, 4) is 45.5 Å². The van der Waals surface area contributed by atoms with Crippen LogP contribution in [0.15, 0.2) is 77.2 Å². The number of benzene rings is 3. The van der Waals surface area contributed by atoms with Gasteiger partial charge < -0.3 is 13.9 Å². The fraction of sp³-hybridized carbons (Fsp3) is 0.444. The Morgan fingerprint density at radius 1 is 0.571 bits per heavy atom. The van der Waals surface area contributed by atoms with Crippen LogP contribution < -0.4 is 9.47 Å². The monoisotopic (exact) mass is 632 g/mol. The van der Waals surface area contributed by atoms with Crippen molar-refractivity contribution in [2.45, 2.75) is 89.3 Å². The first-order valence-corrected chi connectivity index (χ1v) is 16.6. The molecule has 224 valence electrons. The number of unbranched alkanes of at least 4 members (excludes halogenated alkanes) is 7. The number of rotatable bonds is 19. The standard InChI is InChI=1S/C36H45BrN2O3/c1-3-5-6-7-8-9-10-11-26-40-33-22-18-29(19-23-33)28-14-16-30(17-15-28)35-38-39-36(42-35)31-20-24-34(25-21-31)41-27-12-13-32(37)4-2/h14-25,32H,3-13,26-27H2,1-2H3. The molecule has 0 amide bonds. The highest BCUT2D eigenvalue weighted by molar-refractivity contribution is 9.09. The predicted octanol–water partition coefficient (Wildman–Crippen LogP) is 10.9. The third kappa shape index (κ3) is 10.3. The Morgan fingerprint density at radius 3 is 1.52 bits per heavy atom. The van der Waals surface area contributed by atoms with E-state index >= 15 is 0 Å². The first-order chi connectivity index (χ1) is 20.7. The maximum absolute atomic E-state index is 5.99. The van der Waals surface area contributed by atoms with Gasteiger partial charge in [0, 0.05) is 16.0 Å². The number of ether oxygens (including phenoxy) is 2. The van der Waals surface area contributed by atoms with E-state index in [-0.39, 0.29) is 0 Å². The second kappa shape index (κ2) is 17.7. The zero-order chi connectivity index (χ0) is 29.4. The summed E-state index contributed by atoms with van der Waals surface area (Å²) in [5.74, 6) is 2.77. The Bertz CT molecular complexity index is 1290. The van der Waals surface area contributed by atoms with Gasteiger partial charge in [0.1, 0.15) is 11.5 Å². The second-order valence-electron chi connectivity index (χ2n) is 10.9. The molecular formula is C36H45BrN2O3. The van der Waals surface area contributed by atoms with Crippen molar-refractivity contribution in [3.05, 3.63) is 72.8 Å². The number of aromatic nitrogens is 2. The molecule has 0 saturated carbocycles. The van der Waals surface area contributed by atoms with Crippen molar-refractivity contribution in [1.82, 2.24) is 10.2 Å². The molecule has 1 heterocycles. The van der Waals surface area contributed by atoms with Crippen LogP contribution in [0.4, 0.5) is 0 Å². The molecule has 1 atom stereocenters. The third-order valence-electron chi connectivity index (χ3n) is 7.49. The lowest BCUT2D eigenvalue weighted by Crippen LogP contribution is -2.02. The van der Waals surface area contributed by atoms with Crippen LogP contribution in [-0.2, 0) is 0 Å². The van der Waals surface area contributed by atoms with E-state index in [9.17, 15) is 0 Å². The van der Waals surface area contributed by atoms with Crippen molar-refractivity contribution >= 4 is 15.9 Å². The summed E-state index contributed by atoms with van der Waals surface area (Å²) in [5, 5.41) is 8.55. The third-order valence-corrected chi connectivity index (χ3v) is 8.59. The van der Waals surface area contributed by atoms with E-state index in [1.165, 1.54) is 44.9 Å². The summed E-state index contributed by atoms with van der Waals surface area (Å²) in [6.45, 7) is 5.94. The topological polar surface area (TPSA) is 57.4 Å². The summed E-state index contributed by atoms with van der Waals surface area (Å²) in [7, 11) is 0. The molecule has 6 heteroatoms. The zero-order valence-electron chi connectivity index (χ0n) is 25.2. The SMILES string of the molecule is CCCCCCCCCCOc1ccc(-c2ccc(-c3nnc(-c4ccc(OCCCC(Br)CC)cc4)o3)cc2)cc1. The number of alkyl halides is 1. The van der Waals surface area contributed by atoms with Crippen LogP contribution in [0.25, 0.3) is 34.0 Å². The molecule has 0 fully saturated rings. The Morgan fingerprint density at radius 2 is 1.00 bits per heavy atom. The van der Waals surface area contributed by atoms with Gasteiger partial charge >= 0.3 is 0 Å². The van der Waals surface area contributed by atoms with Crippen molar-refractivity contribution < 1.29 is 13.9 Å². The van der Waals surface area contributed by atoms with Crippen molar-refractivity contribution in [1.29, 1.82) is 0 Å². The van der Waals surface area contributed by atoms with Gasteiger partial charge in [0.05, 0.1) is 13.2 Å². The minimum absolute atomic E-state index is 0.494. The van der Waals surface area contributed by atoms with Crippen molar-refractivity contribution in [3.63, 3.8) is 0 Å². The minimum Gasteiger partial charge on any atom is -0.494 e. The van der Waals surface area contributed by atoms with Gasteiger partial charge in [-0.1, -0.05) is 99.0 Å². The molecule has 0 saturated heterocycles. The predicted molar refractivity (Wildman–Crippen MR) is 176 cm³/mol. The van der Waals surface area contributed by atoms with Crippen molar-refractivity contribution in [2.75, 3.05) is 13.2 Å². The average Bonchev–Trinajstić information content (AvgIpc) is 3.53. The smallest absolute Gasteiger partial charge is 0.248 e. The molecule has 0 aliphatic rings. The Kier molecular flexibility index (Phi) is 13.4. The zero-order valence-corrected chi connectivity index (χ0v) is 26.8. The molecular weight excluding hydrogens is 588 g/mol. The molecule has 0 aliphatic heterocycles. The second-order valence-corrected chi connectivity index (χ2v) is 12.2. The van der Waals surface area contributed by atoms with Gasteiger partial charge in [0.15, 0.2) is 0 Å². The fourth-order valence-corrected chi connectivity index (χ4v) is 5.15. The van der Waals surface area contributed by atoms with E-state index in [2.05, 4.69) is 76.4 Å². The molecule has 0 bridgehead atoms. The minimum atomic E-state index is 0.494. The maximum atomic E-state index is 5.99. The number of halogens is 1. The Labute approximate surface area is 260 Å². The lowest BCUT2D eigenvalue weighted by atomic mass is 10.0. The molecule has 5 nitrogen and oxygen atoms in total. The molecule has 0 aliphatic carbocycles. The highest BCUT2D eigenvalue weighted by atomic mass is 79.9. The van der Waals surface area contributed by atoms with Crippen LogP contribution in [0.5, 0.6) is 11.5 Å². The first kappa shape index (κ1) is 31.8. The Hall–Kier alpha value is -3.12. The largest absolute Gasteiger partial charge is 0.494 e. The fourth-order valence-electron chi connectivity index (χ4n) is 4.82. The van der Waals surface area contributed by atoms with Gasteiger partial charge in [-0.25, -0.2) is 0 Å². The number of hydrogen-bond donors (Lipinski definition) is 0. The van der Waals surface area contributed by atoms with E-state index in [1.807, 2.05) is 36.4 Å². The first-order valence-electron chi connectivity index (χ1n) is 15.7. The summed E-state index contributed by atoms with van der Waals surface area (Å²) < 4.78 is 17.8. The normalized spacial score (nSPS) is 11.9. The Balaban J connectivity index is 1.22.